The SMILES string of the molecule is NC(N)=[NH+]Cc1cccc(I)c1. The van der Waals surface area contributed by atoms with Crippen LogP contribution in [0.15, 0.2) is 24.3 Å². The van der Waals surface area contributed by atoms with Gasteiger partial charge in [-0.05, 0) is 40.3 Å². The molecule has 5 N–H and O–H groups in total. The van der Waals surface area contributed by atoms with Crippen LogP contribution in [0, 0.1) is 3.57 Å². The summed E-state index contributed by atoms with van der Waals surface area (Å²) in [6.45, 7) is 0.680. The lowest BCUT2D eigenvalue weighted by atomic mass is 10.2. The Morgan fingerprint density at radius 3 is 2.75 bits per heavy atom. The molecule has 1 aromatic rings. The van der Waals surface area contributed by atoms with E-state index in [1.54, 1.807) is 0 Å². The van der Waals surface area contributed by atoms with Crippen molar-refractivity contribution in [1.82, 2.24) is 0 Å². The van der Waals surface area contributed by atoms with Gasteiger partial charge in [0.25, 0.3) is 0 Å². The highest BCUT2D eigenvalue weighted by atomic mass is 127. The molecule has 0 aliphatic heterocycles. The number of hydrogen-bond donors (Lipinski definition) is 3. The first-order chi connectivity index (χ1) is 5.68. The van der Waals surface area contributed by atoms with Crippen molar-refractivity contribution >= 4 is 28.6 Å². The number of halogens is 1. The highest BCUT2D eigenvalue weighted by molar-refractivity contribution is 14.1. The van der Waals surface area contributed by atoms with Crippen molar-refractivity contribution in [2.45, 2.75) is 6.54 Å². The van der Waals surface area contributed by atoms with Crippen LogP contribution in [-0.2, 0) is 6.54 Å². The predicted molar refractivity (Wildman–Crippen MR) is 57.2 cm³/mol. The van der Waals surface area contributed by atoms with E-state index in [1.165, 1.54) is 9.13 Å². The quantitative estimate of drug-likeness (QED) is 0.374. The van der Waals surface area contributed by atoms with Crippen molar-refractivity contribution in [3.63, 3.8) is 0 Å². The molecule has 0 atom stereocenters. The van der Waals surface area contributed by atoms with E-state index in [-0.39, 0.29) is 5.96 Å². The van der Waals surface area contributed by atoms with Crippen LogP contribution >= 0.6 is 22.6 Å². The number of hydrogen-bond acceptors (Lipinski definition) is 0. The predicted octanol–water partition coefficient (Wildman–Crippen LogP) is -0.855. The van der Waals surface area contributed by atoms with Crippen LogP contribution in [0.25, 0.3) is 0 Å². The van der Waals surface area contributed by atoms with Crippen LogP contribution in [0.4, 0.5) is 0 Å². The summed E-state index contributed by atoms with van der Waals surface area (Å²) in [5, 5.41) is 0. The smallest absolute Gasteiger partial charge is 0.291 e. The van der Waals surface area contributed by atoms with Gasteiger partial charge in [-0.15, -0.1) is 0 Å². The monoisotopic (exact) mass is 276 g/mol. The van der Waals surface area contributed by atoms with Crippen LogP contribution in [0.3, 0.4) is 0 Å². The molecule has 12 heavy (non-hydrogen) atoms. The third-order valence-corrected chi connectivity index (χ3v) is 2.06. The van der Waals surface area contributed by atoms with Gasteiger partial charge < -0.3 is 0 Å². The molecule has 0 radical (unpaired) electrons. The highest BCUT2D eigenvalue weighted by Crippen LogP contribution is 2.05. The minimum Gasteiger partial charge on any atom is -0.291 e. The molecular formula is C8H11IN3+. The van der Waals surface area contributed by atoms with E-state index < -0.39 is 0 Å². The molecule has 0 saturated carbocycles. The number of rotatable bonds is 2. The molecule has 3 nitrogen and oxygen atoms in total. The third kappa shape index (κ3) is 3.08. The van der Waals surface area contributed by atoms with Crippen molar-refractivity contribution in [1.29, 1.82) is 0 Å². The van der Waals surface area contributed by atoms with Crippen LogP contribution in [0.1, 0.15) is 5.56 Å². The molecule has 0 aromatic heterocycles. The van der Waals surface area contributed by atoms with Gasteiger partial charge in [-0.3, -0.25) is 16.5 Å². The average Bonchev–Trinajstić information content (AvgIpc) is 2.01. The number of benzene rings is 1. The highest BCUT2D eigenvalue weighted by Gasteiger charge is 1.93. The molecule has 0 amide bonds. The van der Waals surface area contributed by atoms with Gasteiger partial charge in [0.05, 0.1) is 6.54 Å². The van der Waals surface area contributed by atoms with Crippen molar-refractivity contribution in [3.8, 4) is 0 Å². The van der Waals surface area contributed by atoms with Gasteiger partial charge in [0.1, 0.15) is 0 Å². The van der Waals surface area contributed by atoms with Gasteiger partial charge in [0, 0.05) is 3.57 Å². The summed E-state index contributed by atoms with van der Waals surface area (Å²) in [6, 6.07) is 8.15. The zero-order chi connectivity index (χ0) is 8.97. The van der Waals surface area contributed by atoms with E-state index in [1.807, 2.05) is 18.2 Å². The molecule has 0 spiro atoms. The van der Waals surface area contributed by atoms with Crippen molar-refractivity contribution < 1.29 is 4.99 Å². The lowest BCUT2D eigenvalue weighted by Crippen LogP contribution is -2.76. The molecule has 1 aromatic carbocycles. The van der Waals surface area contributed by atoms with E-state index in [0.717, 1.165) is 0 Å². The summed E-state index contributed by atoms with van der Waals surface area (Å²) in [5.41, 5.74) is 11.7. The van der Waals surface area contributed by atoms with Crippen molar-refractivity contribution in [2.75, 3.05) is 0 Å². The molecule has 0 fully saturated rings. The zero-order valence-electron chi connectivity index (χ0n) is 6.55. The minimum absolute atomic E-state index is 0.258. The lowest BCUT2D eigenvalue weighted by Gasteiger charge is -1.95. The first-order valence-corrected chi connectivity index (χ1v) is 4.62. The van der Waals surface area contributed by atoms with Crippen LogP contribution in [-0.4, -0.2) is 5.96 Å². The summed E-state index contributed by atoms with van der Waals surface area (Å²) < 4.78 is 1.21. The first-order valence-electron chi connectivity index (χ1n) is 3.54. The molecule has 1 rings (SSSR count). The molecule has 0 heterocycles. The molecule has 0 bridgehead atoms. The lowest BCUT2D eigenvalue weighted by molar-refractivity contribution is -0.477. The summed E-state index contributed by atoms with van der Waals surface area (Å²) in [7, 11) is 0. The number of guanidine groups is 1. The largest absolute Gasteiger partial charge is 0.339 e. The van der Waals surface area contributed by atoms with E-state index >= 15 is 0 Å². The van der Waals surface area contributed by atoms with Crippen molar-refractivity contribution in [2.24, 2.45) is 11.5 Å². The molecule has 64 valence electrons. The zero-order valence-corrected chi connectivity index (χ0v) is 8.71. The van der Waals surface area contributed by atoms with Gasteiger partial charge in [0.15, 0.2) is 0 Å². The summed E-state index contributed by atoms with van der Waals surface area (Å²) in [5.74, 6) is 0.258. The Bertz CT molecular complexity index is 292. The van der Waals surface area contributed by atoms with Gasteiger partial charge in [0.2, 0.25) is 0 Å². The van der Waals surface area contributed by atoms with E-state index in [9.17, 15) is 0 Å². The second-order valence-corrected chi connectivity index (χ2v) is 3.68. The number of nitrogens with one attached hydrogen (secondary N) is 1. The molecule has 0 unspecified atom stereocenters. The van der Waals surface area contributed by atoms with Crippen LogP contribution in [0.5, 0.6) is 0 Å². The maximum atomic E-state index is 5.26. The molecule has 4 heteroatoms. The molecule has 0 saturated heterocycles. The fourth-order valence-electron chi connectivity index (χ4n) is 0.851. The Hall–Kier alpha value is -0.780. The van der Waals surface area contributed by atoms with Gasteiger partial charge in [-0.1, -0.05) is 12.1 Å². The maximum Gasteiger partial charge on any atom is 0.339 e. The normalized spacial score (nSPS) is 9.42. The average molecular weight is 276 g/mol. The summed E-state index contributed by atoms with van der Waals surface area (Å²) in [6.07, 6.45) is 0. The second-order valence-electron chi connectivity index (χ2n) is 2.44. The standard InChI is InChI=1S/C8H10IN3/c9-7-3-1-2-6(4-7)5-12-8(10)11/h1-4H,5H2,(H4,10,11,12)/p+1. The first kappa shape index (κ1) is 9.31. The van der Waals surface area contributed by atoms with Crippen LogP contribution in [0.2, 0.25) is 0 Å². The van der Waals surface area contributed by atoms with Gasteiger partial charge in [-0.25, -0.2) is 0 Å². The fourth-order valence-corrected chi connectivity index (χ4v) is 1.46. The maximum absolute atomic E-state index is 5.26. The Morgan fingerprint density at radius 2 is 2.17 bits per heavy atom. The van der Waals surface area contributed by atoms with Gasteiger partial charge in [-0.2, -0.15) is 0 Å². The van der Waals surface area contributed by atoms with Crippen LogP contribution < -0.4 is 16.5 Å². The Morgan fingerprint density at radius 1 is 1.42 bits per heavy atom. The molecular weight excluding hydrogens is 265 g/mol. The van der Waals surface area contributed by atoms with E-state index in [0.29, 0.717) is 6.54 Å². The number of nitrogens with two attached hydrogens (primary N) is 2. The van der Waals surface area contributed by atoms with Gasteiger partial charge >= 0.3 is 5.96 Å². The fraction of sp³-hybridized carbons (Fsp3) is 0.125. The Balaban J connectivity index is 2.70. The van der Waals surface area contributed by atoms with E-state index in [4.69, 9.17) is 11.5 Å². The minimum atomic E-state index is 0.258. The molecule has 0 aliphatic rings. The third-order valence-electron chi connectivity index (χ3n) is 1.39. The molecule has 0 aliphatic carbocycles. The van der Waals surface area contributed by atoms with E-state index in [2.05, 4.69) is 33.6 Å². The topological polar surface area (TPSA) is 66.0 Å². The Labute approximate surface area is 85.0 Å². The second kappa shape index (κ2) is 4.30. The summed E-state index contributed by atoms with van der Waals surface area (Å²) in [4.78, 5) is 2.86. The summed E-state index contributed by atoms with van der Waals surface area (Å²) >= 11 is 2.27. The van der Waals surface area contributed by atoms with Crippen molar-refractivity contribution in [3.05, 3.63) is 33.4 Å². The Kier molecular flexibility index (Phi) is 3.33.